The van der Waals surface area contributed by atoms with Crippen molar-refractivity contribution in [2.75, 3.05) is 34.0 Å². The lowest BCUT2D eigenvalue weighted by Crippen LogP contribution is -2.60. The van der Waals surface area contributed by atoms with E-state index in [1.54, 1.807) is 19.2 Å². The van der Waals surface area contributed by atoms with Crippen molar-refractivity contribution in [2.45, 2.75) is 37.1 Å². The Bertz CT molecular complexity index is 903. The summed E-state index contributed by atoms with van der Waals surface area (Å²) in [7, 11) is 3.06. The number of aliphatic hydroxyl groups excluding tert-OH is 3. The Morgan fingerprint density at radius 1 is 0.912 bits per heavy atom. The zero-order valence-corrected chi connectivity index (χ0v) is 19.0. The van der Waals surface area contributed by atoms with Gasteiger partial charge in [-0.15, -0.1) is 0 Å². The molecule has 1 heterocycles. The van der Waals surface area contributed by atoms with Crippen molar-refractivity contribution in [3.8, 4) is 11.5 Å². The SMILES string of the molecule is COCCOC(=O)OC[C@H]1O[C@H](Oc2ccccc2Cc2ccc(OC)cc2)[C@H](O)[C@@H](O)[C@@H]1O. The maximum absolute atomic E-state index is 11.7. The molecule has 0 bridgehead atoms. The molecular formula is C24H30O10. The number of carbonyl (C=O) groups is 1. The van der Waals surface area contributed by atoms with E-state index in [9.17, 15) is 20.1 Å². The normalized spacial score (nSPS) is 24.3. The average molecular weight is 478 g/mol. The van der Waals surface area contributed by atoms with Crippen LogP contribution in [0.1, 0.15) is 11.1 Å². The van der Waals surface area contributed by atoms with E-state index in [-0.39, 0.29) is 13.2 Å². The molecule has 186 valence electrons. The highest BCUT2D eigenvalue weighted by atomic mass is 16.7. The van der Waals surface area contributed by atoms with Crippen LogP contribution in [0.4, 0.5) is 4.79 Å². The van der Waals surface area contributed by atoms with Crippen LogP contribution in [0.15, 0.2) is 48.5 Å². The van der Waals surface area contributed by atoms with Gasteiger partial charge >= 0.3 is 6.16 Å². The molecule has 1 saturated heterocycles. The molecule has 2 aromatic rings. The van der Waals surface area contributed by atoms with E-state index >= 15 is 0 Å². The molecule has 0 aromatic heterocycles. The molecule has 1 fully saturated rings. The molecule has 0 saturated carbocycles. The molecule has 5 atom stereocenters. The van der Waals surface area contributed by atoms with Gasteiger partial charge in [-0.05, 0) is 29.3 Å². The number of para-hydroxylation sites is 1. The predicted molar refractivity (Wildman–Crippen MR) is 119 cm³/mol. The highest BCUT2D eigenvalue weighted by molar-refractivity contribution is 5.59. The fourth-order valence-corrected chi connectivity index (χ4v) is 3.41. The van der Waals surface area contributed by atoms with E-state index in [2.05, 4.69) is 0 Å². The summed E-state index contributed by atoms with van der Waals surface area (Å²) in [4.78, 5) is 11.7. The van der Waals surface area contributed by atoms with Crippen LogP contribution in [0.25, 0.3) is 0 Å². The Hall–Kier alpha value is -2.89. The van der Waals surface area contributed by atoms with Crippen molar-refractivity contribution < 1.29 is 48.5 Å². The van der Waals surface area contributed by atoms with Gasteiger partial charge in [0.2, 0.25) is 6.29 Å². The third-order valence-electron chi connectivity index (χ3n) is 5.31. The lowest BCUT2D eigenvalue weighted by atomic mass is 9.99. The van der Waals surface area contributed by atoms with Crippen LogP contribution in [0, 0.1) is 0 Å². The summed E-state index contributed by atoms with van der Waals surface area (Å²) in [5.41, 5.74) is 1.83. The van der Waals surface area contributed by atoms with Crippen LogP contribution in [0.3, 0.4) is 0 Å². The number of ether oxygens (including phenoxy) is 6. The quantitative estimate of drug-likeness (QED) is 0.339. The van der Waals surface area contributed by atoms with E-state index < -0.39 is 43.5 Å². The van der Waals surface area contributed by atoms with Crippen molar-refractivity contribution in [1.29, 1.82) is 0 Å². The van der Waals surface area contributed by atoms with E-state index in [4.69, 9.17) is 28.4 Å². The molecule has 0 aliphatic carbocycles. The third-order valence-corrected chi connectivity index (χ3v) is 5.31. The van der Waals surface area contributed by atoms with Gasteiger partial charge in [-0.3, -0.25) is 0 Å². The van der Waals surface area contributed by atoms with Gasteiger partial charge in [0.15, 0.2) is 0 Å². The third kappa shape index (κ3) is 6.81. The molecule has 3 rings (SSSR count). The first kappa shape index (κ1) is 25.7. The molecule has 34 heavy (non-hydrogen) atoms. The summed E-state index contributed by atoms with van der Waals surface area (Å²) in [6, 6.07) is 14.8. The Balaban J connectivity index is 1.66. The molecule has 0 amide bonds. The Labute approximate surface area is 197 Å². The zero-order valence-electron chi connectivity index (χ0n) is 19.0. The Morgan fingerprint density at radius 2 is 1.65 bits per heavy atom. The molecule has 1 aliphatic rings. The number of hydrogen-bond donors (Lipinski definition) is 3. The van der Waals surface area contributed by atoms with Crippen molar-refractivity contribution in [1.82, 2.24) is 0 Å². The molecule has 2 aromatic carbocycles. The molecule has 0 spiro atoms. The van der Waals surface area contributed by atoms with Gasteiger partial charge in [-0.2, -0.15) is 0 Å². The summed E-state index contributed by atoms with van der Waals surface area (Å²) >= 11 is 0. The lowest BCUT2D eigenvalue weighted by Gasteiger charge is -2.40. The van der Waals surface area contributed by atoms with E-state index in [0.29, 0.717) is 12.2 Å². The minimum absolute atomic E-state index is 0.00145. The van der Waals surface area contributed by atoms with Crippen LogP contribution < -0.4 is 9.47 Å². The first-order valence-electron chi connectivity index (χ1n) is 10.8. The van der Waals surface area contributed by atoms with Gasteiger partial charge in [0.25, 0.3) is 0 Å². The molecular weight excluding hydrogens is 448 g/mol. The molecule has 10 nitrogen and oxygen atoms in total. The second kappa shape index (κ2) is 12.5. The van der Waals surface area contributed by atoms with Gasteiger partial charge in [-0.25, -0.2) is 4.79 Å². The maximum atomic E-state index is 11.7. The smallest absolute Gasteiger partial charge is 0.497 e. The van der Waals surface area contributed by atoms with Gasteiger partial charge in [0.05, 0.1) is 13.7 Å². The second-order valence-corrected chi connectivity index (χ2v) is 7.67. The monoisotopic (exact) mass is 478 g/mol. The lowest BCUT2D eigenvalue weighted by molar-refractivity contribution is -0.278. The highest BCUT2D eigenvalue weighted by Gasteiger charge is 2.45. The number of benzene rings is 2. The number of hydrogen-bond acceptors (Lipinski definition) is 10. The second-order valence-electron chi connectivity index (χ2n) is 7.67. The molecule has 3 N–H and O–H groups in total. The van der Waals surface area contributed by atoms with Crippen molar-refractivity contribution in [3.63, 3.8) is 0 Å². The molecule has 1 aliphatic heterocycles. The van der Waals surface area contributed by atoms with Gasteiger partial charge in [0, 0.05) is 13.5 Å². The first-order valence-corrected chi connectivity index (χ1v) is 10.8. The van der Waals surface area contributed by atoms with Crippen molar-refractivity contribution in [3.05, 3.63) is 59.7 Å². The van der Waals surface area contributed by atoms with Crippen molar-refractivity contribution in [2.24, 2.45) is 0 Å². The minimum atomic E-state index is -1.58. The summed E-state index contributed by atoms with van der Waals surface area (Å²) < 4.78 is 31.2. The molecule has 0 radical (unpaired) electrons. The van der Waals surface area contributed by atoms with E-state index in [1.165, 1.54) is 7.11 Å². The first-order chi connectivity index (χ1) is 16.4. The van der Waals surface area contributed by atoms with Crippen LogP contribution in [0.5, 0.6) is 11.5 Å². The fourth-order valence-electron chi connectivity index (χ4n) is 3.41. The summed E-state index contributed by atoms with van der Waals surface area (Å²) in [5.74, 6) is 1.18. The standard InChI is InChI=1S/C24H30O10/c1-29-11-12-31-24(28)32-14-19-20(25)21(26)22(27)23(34-19)33-18-6-4-3-5-16(18)13-15-7-9-17(30-2)10-8-15/h3-10,19-23,25-27H,11-14H2,1-2H3/t19-,20-,21+,22-,23+/m1/s1. The topological polar surface area (TPSA) is 133 Å². The number of methoxy groups -OCH3 is 2. The van der Waals surface area contributed by atoms with Gasteiger partial charge in [-0.1, -0.05) is 30.3 Å². The zero-order chi connectivity index (χ0) is 24.5. The largest absolute Gasteiger partial charge is 0.508 e. The van der Waals surface area contributed by atoms with Gasteiger partial charge < -0.3 is 43.7 Å². The number of carbonyl (C=O) groups excluding carboxylic acids is 1. The van der Waals surface area contributed by atoms with Crippen LogP contribution in [-0.2, 0) is 25.4 Å². The van der Waals surface area contributed by atoms with Gasteiger partial charge in [0.1, 0.15) is 49.1 Å². The maximum Gasteiger partial charge on any atom is 0.508 e. The summed E-state index contributed by atoms with van der Waals surface area (Å²) in [6.45, 7) is -0.208. The fraction of sp³-hybridized carbons (Fsp3) is 0.458. The molecule has 10 heteroatoms. The average Bonchev–Trinajstić information content (AvgIpc) is 2.85. The highest BCUT2D eigenvalue weighted by Crippen LogP contribution is 2.28. The van der Waals surface area contributed by atoms with E-state index in [0.717, 1.165) is 16.9 Å². The summed E-state index contributed by atoms with van der Waals surface area (Å²) in [5, 5.41) is 31.0. The van der Waals surface area contributed by atoms with Crippen LogP contribution in [-0.4, -0.2) is 86.2 Å². The molecule has 0 unspecified atom stereocenters. The predicted octanol–water partition coefficient (Wildman–Crippen LogP) is 1.27. The Kier molecular flexibility index (Phi) is 9.49. The van der Waals surface area contributed by atoms with Crippen molar-refractivity contribution >= 4 is 6.16 Å². The van der Waals surface area contributed by atoms with E-state index in [1.807, 2.05) is 36.4 Å². The number of rotatable bonds is 10. The minimum Gasteiger partial charge on any atom is -0.497 e. The van der Waals surface area contributed by atoms with Crippen LogP contribution >= 0.6 is 0 Å². The number of aliphatic hydroxyl groups is 3. The van der Waals surface area contributed by atoms with Crippen LogP contribution in [0.2, 0.25) is 0 Å². The summed E-state index contributed by atoms with van der Waals surface area (Å²) in [6.07, 6.45) is -7.51. The Morgan fingerprint density at radius 3 is 2.35 bits per heavy atom.